The summed E-state index contributed by atoms with van der Waals surface area (Å²) < 4.78 is 5.53. The molecule has 0 saturated carbocycles. The molecule has 1 aliphatic heterocycles. The van der Waals surface area contributed by atoms with Crippen LogP contribution in [0.3, 0.4) is 0 Å². The van der Waals surface area contributed by atoms with Gasteiger partial charge in [-0.2, -0.15) is 0 Å². The van der Waals surface area contributed by atoms with Crippen molar-refractivity contribution in [3.05, 3.63) is 46.5 Å². The number of rotatable bonds is 7. The number of anilines is 1. The average Bonchev–Trinajstić information content (AvgIpc) is 3.23. The first-order valence-corrected chi connectivity index (χ1v) is 9.19. The number of nitrogens with one attached hydrogen (secondary N) is 2. The van der Waals surface area contributed by atoms with Crippen molar-refractivity contribution in [1.29, 1.82) is 0 Å². The lowest BCUT2D eigenvalue weighted by Crippen LogP contribution is -2.31. The van der Waals surface area contributed by atoms with Crippen LogP contribution in [0, 0.1) is 6.92 Å². The number of benzene rings is 1. The number of aromatic nitrogens is 1. The van der Waals surface area contributed by atoms with Crippen LogP contribution in [0.4, 0.5) is 5.13 Å². The van der Waals surface area contributed by atoms with Gasteiger partial charge in [-0.15, -0.1) is 0 Å². The zero-order valence-corrected chi connectivity index (χ0v) is 14.7. The minimum atomic E-state index is -0.0587. The first-order chi connectivity index (χ1) is 11.7. The highest BCUT2D eigenvalue weighted by molar-refractivity contribution is 7.17. The van der Waals surface area contributed by atoms with E-state index in [-0.39, 0.29) is 12.0 Å². The van der Waals surface area contributed by atoms with Gasteiger partial charge in [-0.25, -0.2) is 4.98 Å². The van der Waals surface area contributed by atoms with Crippen LogP contribution < -0.4 is 10.6 Å². The van der Waals surface area contributed by atoms with Crippen LogP contribution in [-0.2, 0) is 11.2 Å². The fraction of sp³-hybridized carbons (Fsp3) is 0.444. The highest BCUT2D eigenvalue weighted by Gasteiger charge is 2.19. The van der Waals surface area contributed by atoms with E-state index in [1.807, 2.05) is 25.1 Å². The summed E-state index contributed by atoms with van der Waals surface area (Å²) in [6.07, 6.45) is 3.19. The highest BCUT2D eigenvalue weighted by Crippen LogP contribution is 2.22. The summed E-state index contributed by atoms with van der Waals surface area (Å²) in [6, 6.07) is 10.3. The Balaban J connectivity index is 1.49. The molecular formula is C18H23N3O2S. The first-order valence-electron chi connectivity index (χ1n) is 8.37. The van der Waals surface area contributed by atoms with Gasteiger partial charge in [0.15, 0.2) is 5.13 Å². The Morgan fingerprint density at radius 1 is 1.38 bits per heavy atom. The fourth-order valence-corrected chi connectivity index (χ4v) is 3.64. The summed E-state index contributed by atoms with van der Waals surface area (Å²) in [4.78, 5) is 17.4. The molecule has 1 saturated heterocycles. The van der Waals surface area contributed by atoms with Crippen molar-refractivity contribution in [2.75, 3.05) is 25.0 Å². The largest absolute Gasteiger partial charge is 0.376 e. The molecule has 3 rings (SSSR count). The zero-order valence-electron chi connectivity index (χ0n) is 13.9. The van der Waals surface area contributed by atoms with E-state index in [0.717, 1.165) is 43.2 Å². The van der Waals surface area contributed by atoms with E-state index in [0.29, 0.717) is 11.4 Å². The lowest BCUT2D eigenvalue weighted by Gasteiger charge is -2.09. The summed E-state index contributed by atoms with van der Waals surface area (Å²) >= 11 is 1.41. The second-order valence-corrected chi connectivity index (χ2v) is 6.94. The Hall–Kier alpha value is -1.92. The third-order valence-corrected chi connectivity index (χ3v) is 5.16. The molecule has 2 aromatic rings. The van der Waals surface area contributed by atoms with Crippen LogP contribution in [0.15, 0.2) is 30.3 Å². The Kier molecular flexibility index (Phi) is 5.82. The third kappa shape index (κ3) is 4.55. The molecular weight excluding hydrogens is 322 g/mol. The molecule has 2 heterocycles. The lowest BCUT2D eigenvalue weighted by atomic mass is 10.2. The number of aryl methyl sites for hydroxylation is 1. The molecule has 1 atom stereocenters. The summed E-state index contributed by atoms with van der Waals surface area (Å²) in [5.41, 5.74) is 2.06. The second kappa shape index (κ2) is 8.26. The lowest BCUT2D eigenvalue weighted by molar-refractivity contribution is 0.0860. The van der Waals surface area contributed by atoms with Gasteiger partial charge in [0, 0.05) is 19.7 Å². The number of amides is 1. The van der Waals surface area contributed by atoms with Gasteiger partial charge in [-0.3, -0.25) is 4.79 Å². The predicted molar refractivity (Wildman–Crippen MR) is 96.8 cm³/mol. The van der Waals surface area contributed by atoms with Crippen molar-refractivity contribution < 1.29 is 9.53 Å². The zero-order chi connectivity index (χ0) is 16.8. The number of nitrogens with zero attached hydrogens (tertiary/aromatic N) is 1. The van der Waals surface area contributed by atoms with Gasteiger partial charge >= 0.3 is 0 Å². The Morgan fingerprint density at radius 2 is 2.21 bits per heavy atom. The Labute approximate surface area is 146 Å². The van der Waals surface area contributed by atoms with Crippen molar-refractivity contribution in [1.82, 2.24) is 10.3 Å². The fourth-order valence-electron chi connectivity index (χ4n) is 2.73. The van der Waals surface area contributed by atoms with E-state index in [9.17, 15) is 4.79 Å². The molecule has 2 N–H and O–H groups in total. The average molecular weight is 345 g/mol. The molecule has 1 fully saturated rings. The molecule has 1 aliphatic rings. The summed E-state index contributed by atoms with van der Waals surface area (Å²) in [7, 11) is 0. The van der Waals surface area contributed by atoms with Crippen LogP contribution in [0.5, 0.6) is 0 Å². The van der Waals surface area contributed by atoms with Crippen LogP contribution in [0.1, 0.15) is 33.8 Å². The monoisotopic (exact) mass is 345 g/mol. The number of carbonyl (C=O) groups is 1. The van der Waals surface area contributed by atoms with Gasteiger partial charge in [-0.05, 0) is 31.7 Å². The van der Waals surface area contributed by atoms with Gasteiger partial charge in [0.1, 0.15) is 4.88 Å². The molecule has 24 heavy (non-hydrogen) atoms. The Morgan fingerprint density at radius 3 is 2.96 bits per heavy atom. The van der Waals surface area contributed by atoms with Crippen molar-refractivity contribution in [3.63, 3.8) is 0 Å². The van der Waals surface area contributed by atoms with Gasteiger partial charge in [0.2, 0.25) is 0 Å². The maximum absolute atomic E-state index is 12.3. The Bertz CT molecular complexity index is 666. The SMILES string of the molecule is Cc1nc(NCCc2ccccc2)sc1C(=O)NC[C@@H]1CCCO1. The standard InChI is InChI=1S/C18H23N3O2S/c1-13-16(17(22)20-12-15-8-5-11-23-15)24-18(21-13)19-10-9-14-6-3-2-4-7-14/h2-4,6-7,15H,5,8-12H2,1H3,(H,19,21)(H,20,22)/t15-/m0/s1. The van der Waals surface area contributed by atoms with Crippen LogP contribution >= 0.6 is 11.3 Å². The topological polar surface area (TPSA) is 63.2 Å². The van der Waals surface area contributed by atoms with E-state index >= 15 is 0 Å². The maximum Gasteiger partial charge on any atom is 0.263 e. The van der Waals surface area contributed by atoms with Crippen molar-refractivity contribution in [2.24, 2.45) is 0 Å². The number of ether oxygens (including phenoxy) is 1. The van der Waals surface area contributed by atoms with E-state index in [1.165, 1.54) is 16.9 Å². The van der Waals surface area contributed by atoms with Gasteiger partial charge in [0.05, 0.1) is 11.8 Å². The smallest absolute Gasteiger partial charge is 0.263 e. The second-order valence-electron chi connectivity index (χ2n) is 5.94. The number of hydrogen-bond acceptors (Lipinski definition) is 5. The predicted octanol–water partition coefficient (Wildman–Crippen LogP) is 3.01. The van der Waals surface area contributed by atoms with Crippen molar-refractivity contribution in [2.45, 2.75) is 32.3 Å². The van der Waals surface area contributed by atoms with Crippen molar-refractivity contribution in [3.8, 4) is 0 Å². The quantitative estimate of drug-likeness (QED) is 0.810. The normalized spacial score (nSPS) is 17.0. The summed E-state index contributed by atoms with van der Waals surface area (Å²) in [5, 5.41) is 7.06. The first kappa shape index (κ1) is 16.9. The van der Waals surface area contributed by atoms with Crippen molar-refractivity contribution >= 4 is 22.4 Å². The molecule has 5 nitrogen and oxygen atoms in total. The molecule has 0 radical (unpaired) electrons. The molecule has 0 bridgehead atoms. The van der Waals surface area contributed by atoms with E-state index in [4.69, 9.17) is 4.74 Å². The molecule has 0 aliphatic carbocycles. The summed E-state index contributed by atoms with van der Waals surface area (Å²) in [6.45, 7) is 4.05. The van der Waals surface area contributed by atoms with E-state index < -0.39 is 0 Å². The van der Waals surface area contributed by atoms with Gasteiger partial charge in [-0.1, -0.05) is 41.7 Å². The van der Waals surface area contributed by atoms with Crippen LogP contribution in [0.2, 0.25) is 0 Å². The molecule has 128 valence electrons. The third-order valence-electron chi connectivity index (χ3n) is 4.05. The molecule has 1 aromatic heterocycles. The van der Waals surface area contributed by atoms with Gasteiger partial charge < -0.3 is 15.4 Å². The molecule has 0 unspecified atom stereocenters. The van der Waals surface area contributed by atoms with E-state index in [1.54, 1.807) is 0 Å². The minimum absolute atomic E-state index is 0.0587. The number of hydrogen-bond donors (Lipinski definition) is 2. The highest BCUT2D eigenvalue weighted by atomic mass is 32.1. The molecule has 0 spiro atoms. The maximum atomic E-state index is 12.3. The molecule has 6 heteroatoms. The number of thiazole rings is 1. The van der Waals surface area contributed by atoms with Gasteiger partial charge in [0.25, 0.3) is 5.91 Å². The van der Waals surface area contributed by atoms with Crippen LogP contribution in [0.25, 0.3) is 0 Å². The van der Waals surface area contributed by atoms with Crippen LogP contribution in [-0.4, -0.2) is 36.7 Å². The molecule has 1 amide bonds. The summed E-state index contributed by atoms with van der Waals surface area (Å²) in [5.74, 6) is -0.0587. The number of carbonyl (C=O) groups excluding carboxylic acids is 1. The minimum Gasteiger partial charge on any atom is -0.376 e. The molecule has 1 aromatic carbocycles. The van der Waals surface area contributed by atoms with E-state index in [2.05, 4.69) is 27.8 Å².